The molecule has 0 aromatic rings. The molecule has 3 amide bonds. The van der Waals surface area contributed by atoms with Crippen molar-refractivity contribution in [1.82, 2.24) is 20.4 Å². The van der Waals surface area contributed by atoms with E-state index in [-0.39, 0.29) is 18.5 Å². The van der Waals surface area contributed by atoms with Crippen LogP contribution in [-0.2, 0) is 14.4 Å². The van der Waals surface area contributed by atoms with Gasteiger partial charge in [-0.2, -0.15) is 0 Å². The molecule has 0 spiro atoms. The summed E-state index contributed by atoms with van der Waals surface area (Å²) in [6.45, 7) is 5.01. The van der Waals surface area contributed by atoms with Crippen LogP contribution in [0, 0.1) is 0 Å². The molecule has 2 aliphatic rings. The molecule has 2 heterocycles. The molecule has 7 nitrogen and oxygen atoms in total. The molecule has 0 aliphatic carbocycles. The Labute approximate surface area is 118 Å². The van der Waals surface area contributed by atoms with Crippen LogP contribution in [0.4, 0.5) is 0 Å². The van der Waals surface area contributed by atoms with Gasteiger partial charge in [-0.25, -0.2) is 0 Å². The highest BCUT2D eigenvalue weighted by molar-refractivity contribution is 6.35. The van der Waals surface area contributed by atoms with Crippen molar-refractivity contribution in [2.45, 2.75) is 25.8 Å². The highest BCUT2D eigenvalue weighted by Crippen LogP contribution is 2.05. The summed E-state index contributed by atoms with van der Waals surface area (Å²) in [5.74, 6) is -1.27. The SMILES string of the molecule is CCN1CCN(CC(=O)N[C@H]2CCCNC2)C(=O)C1=O. The second-order valence-electron chi connectivity index (χ2n) is 5.22. The Bertz CT molecular complexity index is 393. The minimum absolute atomic E-state index is 0.0291. The second-order valence-corrected chi connectivity index (χ2v) is 5.22. The van der Waals surface area contributed by atoms with Crippen LogP contribution < -0.4 is 10.6 Å². The van der Waals surface area contributed by atoms with Crippen molar-refractivity contribution in [3.05, 3.63) is 0 Å². The molecule has 0 saturated carbocycles. The molecule has 0 aromatic carbocycles. The van der Waals surface area contributed by atoms with Gasteiger partial charge in [-0.3, -0.25) is 14.4 Å². The van der Waals surface area contributed by atoms with Gasteiger partial charge in [-0.1, -0.05) is 0 Å². The van der Waals surface area contributed by atoms with E-state index in [9.17, 15) is 14.4 Å². The van der Waals surface area contributed by atoms with Gasteiger partial charge in [0.15, 0.2) is 0 Å². The maximum atomic E-state index is 11.9. The maximum Gasteiger partial charge on any atom is 0.312 e. The highest BCUT2D eigenvalue weighted by atomic mass is 16.2. The van der Waals surface area contributed by atoms with Crippen LogP contribution in [-0.4, -0.2) is 72.8 Å². The first kappa shape index (κ1) is 14.8. The van der Waals surface area contributed by atoms with Crippen LogP contribution >= 0.6 is 0 Å². The van der Waals surface area contributed by atoms with E-state index in [0.717, 1.165) is 25.9 Å². The fourth-order valence-electron chi connectivity index (χ4n) is 2.59. The standard InChI is InChI=1S/C13H22N4O3/c1-2-16-6-7-17(13(20)12(16)19)9-11(18)15-10-4-3-5-14-8-10/h10,14H,2-9H2,1H3,(H,15,18)/t10-/m0/s1. The molecule has 2 fully saturated rings. The van der Waals surface area contributed by atoms with Crippen LogP contribution in [0.3, 0.4) is 0 Å². The molecule has 7 heteroatoms. The molecule has 0 aromatic heterocycles. The predicted octanol–water partition coefficient (Wildman–Crippen LogP) is -1.45. The van der Waals surface area contributed by atoms with Crippen molar-refractivity contribution < 1.29 is 14.4 Å². The van der Waals surface area contributed by atoms with Crippen molar-refractivity contribution >= 4 is 17.7 Å². The van der Waals surface area contributed by atoms with E-state index in [1.54, 1.807) is 0 Å². The smallest absolute Gasteiger partial charge is 0.312 e. The Morgan fingerprint density at radius 2 is 2.00 bits per heavy atom. The minimum atomic E-state index is -0.574. The van der Waals surface area contributed by atoms with Gasteiger partial charge in [0.1, 0.15) is 6.54 Å². The van der Waals surface area contributed by atoms with E-state index < -0.39 is 11.8 Å². The largest absolute Gasteiger partial charge is 0.351 e. The lowest BCUT2D eigenvalue weighted by atomic mass is 10.1. The Balaban J connectivity index is 1.82. The predicted molar refractivity (Wildman–Crippen MR) is 72.9 cm³/mol. The van der Waals surface area contributed by atoms with Crippen molar-refractivity contribution in [3.8, 4) is 0 Å². The third-order valence-corrected chi connectivity index (χ3v) is 3.78. The first-order valence-electron chi connectivity index (χ1n) is 7.20. The number of carbonyl (C=O) groups excluding carboxylic acids is 3. The number of piperidine rings is 1. The van der Waals surface area contributed by atoms with Gasteiger partial charge in [-0.15, -0.1) is 0 Å². The molecule has 2 rings (SSSR count). The molecule has 2 aliphatic heterocycles. The van der Waals surface area contributed by atoms with E-state index in [4.69, 9.17) is 0 Å². The Morgan fingerprint density at radius 3 is 2.65 bits per heavy atom. The highest BCUT2D eigenvalue weighted by Gasteiger charge is 2.32. The fraction of sp³-hybridized carbons (Fsp3) is 0.769. The second kappa shape index (κ2) is 6.69. The summed E-state index contributed by atoms with van der Waals surface area (Å²) in [7, 11) is 0. The Hall–Kier alpha value is -1.63. The van der Waals surface area contributed by atoms with Crippen molar-refractivity contribution in [2.75, 3.05) is 39.3 Å². The van der Waals surface area contributed by atoms with E-state index in [1.165, 1.54) is 9.80 Å². The van der Waals surface area contributed by atoms with Crippen molar-refractivity contribution in [1.29, 1.82) is 0 Å². The number of carbonyl (C=O) groups is 3. The fourth-order valence-corrected chi connectivity index (χ4v) is 2.59. The number of piperazine rings is 1. The summed E-state index contributed by atoms with van der Waals surface area (Å²) in [4.78, 5) is 38.4. The Morgan fingerprint density at radius 1 is 1.30 bits per heavy atom. The number of rotatable bonds is 4. The van der Waals surface area contributed by atoms with Gasteiger partial charge in [0.05, 0.1) is 0 Å². The molecular formula is C13H22N4O3. The number of nitrogens with one attached hydrogen (secondary N) is 2. The first-order valence-corrected chi connectivity index (χ1v) is 7.20. The molecule has 0 unspecified atom stereocenters. The number of nitrogens with zero attached hydrogens (tertiary/aromatic N) is 2. The van der Waals surface area contributed by atoms with E-state index >= 15 is 0 Å². The lowest BCUT2D eigenvalue weighted by molar-refractivity contribution is -0.156. The van der Waals surface area contributed by atoms with E-state index in [0.29, 0.717) is 19.6 Å². The average Bonchev–Trinajstić information content (AvgIpc) is 2.45. The van der Waals surface area contributed by atoms with Gasteiger partial charge in [-0.05, 0) is 26.3 Å². The molecule has 0 bridgehead atoms. The van der Waals surface area contributed by atoms with Crippen LogP contribution in [0.15, 0.2) is 0 Å². The number of hydrogen-bond acceptors (Lipinski definition) is 4. The quantitative estimate of drug-likeness (QED) is 0.618. The zero-order valence-electron chi connectivity index (χ0n) is 11.9. The van der Waals surface area contributed by atoms with Gasteiger partial charge < -0.3 is 20.4 Å². The van der Waals surface area contributed by atoms with Crippen LogP contribution in [0.25, 0.3) is 0 Å². The van der Waals surface area contributed by atoms with Crippen LogP contribution in [0.1, 0.15) is 19.8 Å². The van der Waals surface area contributed by atoms with Crippen LogP contribution in [0.2, 0.25) is 0 Å². The summed E-state index contributed by atoms with van der Waals surface area (Å²) in [5, 5.41) is 6.12. The van der Waals surface area contributed by atoms with Gasteiger partial charge in [0.2, 0.25) is 5.91 Å². The Kier molecular flexibility index (Phi) is 4.94. The zero-order chi connectivity index (χ0) is 14.5. The summed E-state index contributed by atoms with van der Waals surface area (Å²) in [6.07, 6.45) is 1.99. The van der Waals surface area contributed by atoms with Crippen molar-refractivity contribution in [2.24, 2.45) is 0 Å². The number of likely N-dealkylation sites (N-methyl/N-ethyl adjacent to an activating group) is 1. The lowest BCUT2D eigenvalue weighted by Crippen LogP contribution is -2.57. The maximum absolute atomic E-state index is 11.9. The topological polar surface area (TPSA) is 81.8 Å². The molecule has 112 valence electrons. The van der Waals surface area contributed by atoms with Gasteiger partial charge in [0, 0.05) is 32.2 Å². The molecule has 20 heavy (non-hydrogen) atoms. The first-order chi connectivity index (χ1) is 9.61. The molecule has 0 radical (unpaired) electrons. The molecule has 2 N–H and O–H groups in total. The van der Waals surface area contributed by atoms with E-state index in [1.807, 2.05) is 6.92 Å². The summed E-state index contributed by atoms with van der Waals surface area (Å²) in [5.41, 5.74) is 0. The molecular weight excluding hydrogens is 260 g/mol. The summed E-state index contributed by atoms with van der Waals surface area (Å²) < 4.78 is 0. The minimum Gasteiger partial charge on any atom is -0.351 e. The third-order valence-electron chi connectivity index (χ3n) is 3.78. The lowest BCUT2D eigenvalue weighted by Gasteiger charge is -2.33. The van der Waals surface area contributed by atoms with Crippen molar-refractivity contribution in [3.63, 3.8) is 0 Å². The normalized spacial score (nSPS) is 23.9. The number of amides is 3. The van der Waals surface area contributed by atoms with Crippen LogP contribution in [0.5, 0.6) is 0 Å². The monoisotopic (exact) mass is 282 g/mol. The third kappa shape index (κ3) is 3.47. The summed E-state index contributed by atoms with van der Waals surface area (Å²) in [6, 6.07) is 0.124. The van der Waals surface area contributed by atoms with Gasteiger partial charge >= 0.3 is 11.8 Å². The number of hydrogen-bond donors (Lipinski definition) is 2. The average molecular weight is 282 g/mol. The summed E-state index contributed by atoms with van der Waals surface area (Å²) >= 11 is 0. The molecule has 1 atom stereocenters. The van der Waals surface area contributed by atoms with E-state index in [2.05, 4.69) is 10.6 Å². The molecule has 2 saturated heterocycles. The zero-order valence-corrected chi connectivity index (χ0v) is 11.9. The van der Waals surface area contributed by atoms with Gasteiger partial charge in [0.25, 0.3) is 0 Å².